The van der Waals surface area contributed by atoms with E-state index in [2.05, 4.69) is 12.2 Å². The van der Waals surface area contributed by atoms with Crippen LogP contribution >= 0.6 is 0 Å². The number of aliphatic hydroxyl groups excluding tert-OH is 1. The van der Waals surface area contributed by atoms with Crippen molar-refractivity contribution in [2.45, 2.75) is 25.8 Å². The van der Waals surface area contributed by atoms with Gasteiger partial charge in [-0.3, -0.25) is 0 Å². The summed E-state index contributed by atoms with van der Waals surface area (Å²) in [5.41, 5.74) is 0. The zero-order valence-electron chi connectivity index (χ0n) is 11.1. The number of nitrogens with one attached hydrogen (secondary N) is 1. The Morgan fingerprint density at radius 1 is 1.41 bits per heavy atom. The van der Waals surface area contributed by atoms with E-state index in [-0.39, 0.29) is 18.4 Å². The Labute approximate surface area is 105 Å². The minimum Gasteiger partial charge on any atom is -0.396 e. The van der Waals surface area contributed by atoms with Crippen LogP contribution in [0.1, 0.15) is 19.8 Å². The molecule has 104 valence electrons. The van der Waals surface area contributed by atoms with E-state index in [1.807, 2.05) is 11.9 Å². The highest BCUT2D eigenvalue weighted by atomic mass is 32.2. The predicted molar refractivity (Wildman–Crippen MR) is 71.0 cm³/mol. The number of likely N-dealkylation sites (N-methyl/N-ethyl adjacent to an activating group) is 1. The van der Waals surface area contributed by atoms with Gasteiger partial charge in [-0.05, 0) is 26.4 Å². The summed E-state index contributed by atoms with van der Waals surface area (Å²) in [6.45, 7) is 4.47. The minimum atomic E-state index is -2.90. The third-order valence-electron chi connectivity index (χ3n) is 2.54. The van der Waals surface area contributed by atoms with Crippen molar-refractivity contribution in [1.29, 1.82) is 0 Å². The molecular formula is C11H26N2O3S. The van der Waals surface area contributed by atoms with Gasteiger partial charge >= 0.3 is 0 Å². The first-order chi connectivity index (χ1) is 7.89. The van der Waals surface area contributed by atoms with Gasteiger partial charge in [-0.25, -0.2) is 8.42 Å². The normalized spacial score (nSPS) is 14.2. The van der Waals surface area contributed by atoms with Crippen molar-refractivity contribution in [1.82, 2.24) is 10.2 Å². The van der Waals surface area contributed by atoms with Gasteiger partial charge in [0.1, 0.15) is 9.84 Å². The number of hydrogen-bond acceptors (Lipinski definition) is 5. The minimum absolute atomic E-state index is 0.154. The molecule has 1 unspecified atom stereocenters. The second kappa shape index (κ2) is 8.85. The highest BCUT2D eigenvalue weighted by Gasteiger charge is 2.12. The van der Waals surface area contributed by atoms with Crippen LogP contribution in [0.5, 0.6) is 0 Å². The maximum atomic E-state index is 11.0. The molecule has 0 aliphatic rings. The molecule has 0 saturated heterocycles. The third kappa shape index (κ3) is 10.7. The zero-order chi connectivity index (χ0) is 13.3. The number of rotatable bonds is 10. The molecule has 0 heterocycles. The van der Waals surface area contributed by atoms with Crippen LogP contribution in [-0.4, -0.2) is 69.8 Å². The first kappa shape index (κ1) is 16.8. The second-order valence-corrected chi connectivity index (χ2v) is 6.82. The molecule has 5 nitrogen and oxygen atoms in total. The highest BCUT2D eigenvalue weighted by Crippen LogP contribution is 1.96. The van der Waals surface area contributed by atoms with Crippen LogP contribution in [-0.2, 0) is 9.84 Å². The van der Waals surface area contributed by atoms with Crippen molar-refractivity contribution < 1.29 is 13.5 Å². The summed E-state index contributed by atoms with van der Waals surface area (Å²) in [6, 6.07) is 0.226. The SMILES string of the molecule is CCCNC(CCO)CN(C)CCS(C)(=O)=O. The van der Waals surface area contributed by atoms with E-state index in [4.69, 9.17) is 5.11 Å². The average molecular weight is 266 g/mol. The Balaban J connectivity index is 3.97. The molecule has 2 N–H and O–H groups in total. The van der Waals surface area contributed by atoms with E-state index in [1.165, 1.54) is 6.26 Å². The summed E-state index contributed by atoms with van der Waals surface area (Å²) in [4.78, 5) is 1.99. The molecule has 0 amide bonds. The summed E-state index contributed by atoms with van der Waals surface area (Å²) in [7, 11) is -0.990. The summed E-state index contributed by atoms with van der Waals surface area (Å²) < 4.78 is 22.1. The van der Waals surface area contributed by atoms with Crippen LogP contribution in [0, 0.1) is 0 Å². The van der Waals surface area contributed by atoms with Crippen LogP contribution in [0.15, 0.2) is 0 Å². The second-order valence-electron chi connectivity index (χ2n) is 4.56. The summed E-state index contributed by atoms with van der Waals surface area (Å²) in [5, 5.41) is 12.3. The monoisotopic (exact) mass is 266 g/mol. The fraction of sp³-hybridized carbons (Fsp3) is 1.00. The number of hydrogen-bond donors (Lipinski definition) is 2. The maximum absolute atomic E-state index is 11.0. The molecule has 0 saturated carbocycles. The molecular weight excluding hydrogens is 240 g/mol. The van der Waals surface area contributed by atoms with Crippen molar-refractivity contribution in [3.05, 3.63) is 0 Å². The molecule has 0 spiro atoms. The fourth-order valence-corrected chi connectivity index (χ4v) is 2.19. The van der Waals surface area contributed by atoms with Crippen molar-refractivity contribution in [2.75, 3.05) is 45.3 Å². The predicted octanol–water partition coefficient (Wildman–Crippen LogP) is -0.287. The molecule has 1 atom stereocenters. The standard InChI is InChI=1S/C11H26N2O3S/c1-4-6-12-11(5-8-14)10-13(2)7-9-17(3,15)16/h11-12,14H,4-10H2,1-3H3. The first-order valence-corrected chi connectivity index (χ1v) is 8.15. The third-order valence-corrected chi connectivity index (χ3v) is 3.46. The van der Waals surface area contributed by atoms with E-state index < -0.39 is 9.84 Å². The lowest BCUT2D eigenvalue weighted by Crippen LogP contribution is -2.41. The smallest absolute Gasteiger partial charge is 0.148 e. The highest BCUT2D eigenvalue weighted by molar-refractivity contribution is 7.90. The summed E-state index contributed by atoms with van der Waals surface area (Å²) in [5.74, 6) is 0.184. The largest absolute Gasteiger partial charge is 0.396 e. The van der Waals surface area contributed by atoms with E-state index in [9.17, 15) is 8.42 Å². The van der Waals surface area contributed by atoms with Crippen LogP contribution in [0.2, 0.25) is 0 Å². The van der Waals surface area contributed by atoms with Crippen molar-refractivity contribution in [3.8, 4) is 0 Å². The van der Waals surface area contributed by atoms with E-state index in [0.29, 0.717) is 13.0 Å². The molecule has 17 heavy (non-hydrogen) atoms. The Morgan fingerprint density at radius 3 is 2.53 bits per heavy atom. The molecule has 0 aromatic rings. The Morgan fingerprint density at radius 2 is 2.06 bits per heavy atom. The van der Waals surface area contributed by atoms with Gasteiger partial charge in [0.05, 0.1) is 5.75 Å². The van der Waals surface area contributed by atoms with Gasteiger partial charge in [0, 0.05) is 32.0 Å². The van der Waals surface area contributed by atoms with Crippen molar-refractivity contribution in [2.24, 2.45) is 0 Å². The molecule has 0 aliphatic carbocycles. The van der Waals surface area contributed by atoms with Crippen molar-refractivity contribution >= 4 is 9.84 Å². The van der Waals surface area contributed by atoms with Gasteiger partial charge in [0.25, 0.3) is 0 Å². The molecule has 0 aliphatic heterocycles. The molecule has 0 rings (SSSR count). The van der Waals surface area contributed by atoms with Crippen LogP contribution in [0.4, 0.5) is 0 Å². The van der Waals surface area contributed by atoms with E-state index >= 15 is 0 Å². The fourth-order valence-electron chi connectivity index (χ4n) is 1.55. The average Bonchev–Trinajstić information content (AvgIpc) is 2.22. The van der Waals surface area contributed by atoms with Crippen LogP contribution < -0.4 is 5.32 Å². The Bertz CT molecular complexity index is 280. The lowest BCUT2D eigenvalue weighted by Gasteiger charge is -2.24. The summed E-state index contributed by atoms with van der Waals surface area (Å²) >= 11 is 0. The van der Waals surface area contributed by atoms with Gasteiger partial charge in [-0.1, -0.05) is 6.92 Å². The van der Waals surface area contributed by atoms with Crippen molar-refractivity contribution in [3.63, 3.8) is 0 Å². The van der Waals surface area contributed by atoms with Gasteiger partial charge in [0.2, 0.25) is 0 Å². The van der Waals surface area contributed by atoms with E-state index in [1.54, 1.807) is 0 Å². The van der Waals surface area contributed by atoms with Crippen LogP contribution in [0.25, 0.3) is 0 Å². The topological polar surface area (TPSA) is 69.6 Å². The van der Waals surface area contributed by atoms with Gasteiger partial charge in [0.15, 0.2) is 0 Å². The lowest BCUT2D eigenvalue weighted by atomic mass is 10.2. The van der Waals surface area contributed by atoms with E-state index in [0.717, 1.165) is 19.5 Å². The van der Waals surface area contributed by atoms with Gasteiger partial charge in [-0.2, -0.15) is 0 Å². The molecule has 0 aromatic heterocycles. The lowest BCUT2D eigenvalue weighted by molar-refractivity contribution is 0.233. The summed E-state index contributed by atoms with van der Waals surface area (Å²) in [6.07, 6.45) is 3.00. The molecule has 0 aromatic carbocycles. The zero-order valence-corrected chi connectivity index (χ0v) is 12.0. The molecule has 0 fully saturated rings. The Hall–Kier alpha value is -0.170. The first-order valence-electron chi connectivity index (χ1n) is 6.09. The number of nitrogens with zero attached hydrogens (tertiary/aromatic N) is 1. The number of sulfone groups is 1. The Kier molecular flexibility index (Phi) is 8.77. The maximum Gasteiger partial charge on any atom is 0.148 e. The van der Waals surface area contributed by atoms with Crippen LogP contribution in [0.3, 0.4) is 0 Å². The molecule has 6 heteroatoms. The molecule has 0 bridgehead atoms. The number of aliphatic hydroxyl groups is 1. The quantitative estimate of drug-likeness (QED) is 0.569. The van der Waals surface area contributed by atoms with Gasteiger partial charge < -0.3 is 15.3 Å². The van der Waals surface area contributed by atoms with Gasteiger partial charge in [-0.15, -0.1) is 0 Å². The molecule has 0 radical (unpaired) electrons.